The van der Waals surface area contributed by atoms with Crippen molar-refractivity contribution in [2.75, 3.05) is 18.0 Å². The number of halogens is 1. The molecule has 1 N–H and O–H groups in total. The molecule has 8 nitrogen and oxygen atoms in total. The van der Waals surface area contributed by atoms with E-state index in [9.17, 15) is 18.0 Å². The third-order valence-electron chi connectivity index (χ3n) is 6.16. The molecule has 0 radical (unpaired) electrons. The van der Waals surface area contributed by atoms with Crippen molar-refractivity contribution in [1.82, 2.24) is 10.2 Å². The summed E-state index contributed by atoms with van der Waals surface area (Å²) in [6.07, 6.45) is 0. The van der Waals surface area contributed by atoms with Crippen LogP contribution >= 0.6 is 15.9 Å². The fraction of sp³-hybridized carbons (Fsp3) is 0.333. The first kappa shape index (κ1) is 31.2. The number of anilines is 1. The van der Waals surface area contributed by atoms with Crippen LogP contribution in [-0.4, -0.2) is 50.4 Å². The molecule has 0 spiro atoms. The number of benzene rings is 3. The van der Waals surface area contributed by atoms with Crippen LogP contribution in [0.1, 0.15) is 38.8 Å². The number of aryl methyl sites for hydroxylation is 1. The summed E-state index contributed by atoms with van der Waals surface area (Å²) in [6.45, 7) is 8.65. The van der Waals surface area contributed by atoms with Crippen LogP contribution in [0.3, 0.4) is 0 Å². The Kier molecular flexibility index (Phi) is 10.0. The number of rotatable bonds is 10. The molecule has 0 heterocycles. The maximum Gasteiger partial charge on any atom is 0.264 e. The number of nitrogens with one attached hydrogen (secondary N) is 1. The van der Waals surface area contributed by atoms with Gasteiger partial charge in [-0.05, 0) is 88.7 Å². The zero-order valence-corrected chi connectivity index (χ0v) is 26.0. The molecule has 3 aromatic rings. The van der Waals surface area contributed by atoms with Gasteiger partial charge in [-0.2, -0.15) is 0 Å². The molecule has 10 heteroatoms. The van der Waals surface area contributed by atoms with Crippen LogP contribution < -0.4 is 14.4 Å². The summed E-state index contributed by atoms with van der Waals surface area (Å²) in [5, 5.41) is 2.92. The summed E-state index contributed by atoms with van der Waals surface area (Å²) in [4.78, 5) is 28.6. The Hall–Kier alpha value is -3.37. The number of methoxy groups -OCH3 is 1. The van der Waals surface area contributed by atoms with Crippen molar-refractivity contribution in [3.05, 3.63) is 88.4 Å². The largest absolute Gasteiger partial charge is 0.497 e. The molecule has 3 aromatic carbocycles. The molecule has 40 heavy (non-hydrogen) atoms. The van der Waals surface area contributed by atoms with E-state index in [0.717, 1.165) is 19.9 Å². The van der Waals surface area contributed by atoms with E-state index in [2.05, 4.69) is 21.2 Å². The number of carbonyl (C=O) groups is 2. The fourth-order valence-corrected chi connectivity index (χ4v) is 5.68. The van der Waals surface area contributed by atoms with E-state index in [0.29, 0.717) is 11.4 Å². The minimum Gasteiger partial charge on any atom is -0.497 e. The summed E-state index contributed by atoms with van der Waals surface area (Å²) in [5.74, 6) is -0.270. The summed E-state index contributed by atoms with van der Waals surface area (Å²) < 4.78 is 34.9. The molecule has 214 valence electrons. The van der Waals surface area contributed by atoms with Gasteiger partial charge in [-0.3, -0.25) is 13.9 Å². The van der Waals surface area contributed by atoms with Crippen molar-refractivity contribution >= 4 is 43.5 Å². The van der Waals surface area contributed by atoms with Crippen molar-refractivity contribution in [3.63, 3.8) is 0 Å². The molecule has 0 aromatic heterocycles. The smallest absolute Gasteiger partial charge is 0.264 e. The molecule has 2 amide bonds. The zero-order chi connectivity index (χ0) is 29.7. The Morgan fingerprint density at radius 3 is 2.20 bits per heavy atom. The van der Waals surface area contributed by atoms with Crippen molar-refractivity contribution in [3.8, 4) is 5.75 Å². The molecule has 0 unspecified atom stereocenters. The molecule has 0 aliphatic carbocycles. The van der Waals surface area contributed by atoms with Gasteiger partial charge in [0.15, 0.2) is 0 Å². The highest BCUT2D eigenvalue weighted by atomic mass is 79.9. The number of amides is 2. The molecule has 0 fully saturated rings. The van der Waals surface area contributed by atoms with Crippen LogP contribution in [0.2, 0.25) is 0 Å². The van der Waals surface area contributed by atoms with E-state index >= 15 is 0 Å². The van der Waals surface area contributed by atoms with Crippen LogP contribution in [0, 0.1) is 6.92 Å². The Labute approximate surface area is 245 Å². The van der Waals surface area contributed by atoms with Gasteiger partial charge in [-0.25, -0.2) is 8.42 Å². The molecule has 0 aliphatic heterocycles. The maximum absolute atomic E-state index is 14.0. The molecule has 0 aliphatic rings. The van der Waals surface area contributed by atoms with Crippen molar-refractivity contribution < 1.29 is 22.7 Å². The Morgan fingerprint density at radius 2 is 1.62 bits per heavy atom. The highest BCUT2D eigenvalue weighted by Crippen LogP contribution is 2.26. The lowest BCUT2D eigenvalue weighted by Gasteiger charge is -2.33. The number of carbonyl (C=O) groups excluding carboxylic acids is 2. The lowest BCUT2D eigenvalue weighted by Crippen LogP contribution is -2.54. The third kappa shape index (κ3) is 8.08. The Morgan fingerprint density at radius 1 is 1.00 bits per heavy atom. The maximum atomic E-state index is 14.0. The van der Waals surface area contributed by atoms with Gasteiger partial charge in [0.1, 0.15) is 18.3 Å². The van der Waals surface area contributed by atoms with E-state index in [1.54, 1.807) is 68.6 Å². The highest BCUT2D eigenvalue weighted by Gasteiger charge is 2.33. The minimum absolute atomic E-state index is 0.0617. The molecule has 0 bridgehead atoms. The Bertz CT molecular complexity index is 1440. The number of ether oxygens (including phenoxy) is 1. The number of sulfonamides is 1. The summed E-state index contributed by atoms with van der Waals surface area (Å²) in [7, 11) is -2.57. The second-order valence-corrected chi connectivity index (χ2v) is 13.4. The lowest BCUT2D eigenvalue weighted by atomic mass is 10.1. The SMILES string of the molecule is COc1cccc(CN(C(=O)CN(c2ccc(Br)cc2)S(=O)(=O)c2ccc(C)cc2)[C@@H](C)C(=O)NC(C)(C)C)c1. The molecule has 1 atom stereocenters. The summed E-state index contributed by atoms with van der Waals surface area (Å²) in [6, 6.07) is 19.5. The van der Waals surface area contributed by atoms with Gasteiger partial charge in [0.05, 0.1) is 17.7 Å². The first-order chi connectivity index (χ1) is 18.7. The third-order valence-corrected chi connectivity index (χ3v) is 8.47. The predicted molar refractivity (Wildman–Crippen MR) is 161 cm³/mol. The number of nitrogens with zero attached hydrogens (tertiary/aromatic N) is 2. The highest BCUT2D eigenvalue weighted by molar-refractivity contribution is 9.10. The van der Waals surface area contributed by atoms with Gasteiger partial charge in [0.25, 0.3) is 10.0 Å². The van der Waals surface area contributed by atoms with Gasteiger partial charge in [0.2, 0.25) is 11.8 Å². The average molecular weight is 631 g/mol. The van der Waals surface area contributed by atoms with Gasteiger partial charge < -0.3 is 15.0 Å². The van der Waals surface area contributed by atoms with E-state index < -0.39 is 34.1 Å². The van der Waals surface area contributed by atoms with Crippen molar-refractivity contribution in [2.24, 2.45) is 0 Å². The second-order valence-electron chi connectivity index (χ2n) is 10.6. The number of hydrogen-bond donors (Lipinski definition) is 1. The van der Waals surface area contributed by atoms with Crippen LogP contribution in [0.5, 0.6) is 5.75 Å². The van der Waals surface area contributed by atoms with E-state index in [1.165, 1.54) is 17.0 Å². The van der Waals surface area contributed by atoms with Crippen molar-refractivity contribution in [2.45, 2.75) is 57.6 Å². The van der Waals surface area contributed by atoms with Crippen LogP contribution in [0.4, 0.5) is 5.69 Å². The van der Waals surface area contributed by atoms with E-state index in [-0.39, 0.29) is 17.3 Å². The quantitative estimate of drug-likeness (QED) is 0.329. The molecule has 0 saturated heterocycles. The first-order valence-corrected chi connectivity index (χ1v) is 15.0. The Balaban J connectivity index is 2.04. The standard InChI is InChI=1S/C30H36BrN3O5S/c1-21-10-16-27(17-11-21)40(37,38)34(25-14-12-24(31)13-15-25)20-28(35)33(22(2)29(36)32-30(3,4)5)19-23-8-7-9-26(18-23)39-6/h7-18,22H,19-20H2,1-6H3,(H,32,36)/t22-/m0/s1. The van der Waals surface area contributed by atoms with Crippen molar-refractivity contribution in [1.29, 1.82) is 0 Å². The van der Waals surface area contributed by atoms with Gasteiger partial charge in [0, 0.05) is 16.6 Å². The number of hydrogen-bond acceptors (Lipinski definition) is 5. The zero-order valence-electron chi connectivity index (χ0n) is 23.6. The second kappa shape index (κ2) is 12.9. The first-order valence-electron chi connectivity index (χ1n) is 12.8. The van der Waals surface area contributed by atoms with E-state index in [4.69, 9.17) is 4.74 Å². The summed E-state index contributed by atoms with van der Waals surface area (Å²) >= 11 is 3.38. The molecular formula is C30H36BrN3O5S. The molecular weight excluding hydrogens is 594 g/mol. The van der Waals surface area contributed by atoms with Gasteiger partial charge in [-0.1, -0.05) is 45.8 Å². The van der Waals surface area contributed by atoms with Gasteiger partial charge >= 0.3 is 0 Å². The van der Waals surface area contributed by atoms with Crippen LogP contribution in [-0.2, 0) is 26.2 Å². The fourth-order valence-electron chi connectivity index (χ4n) is 4.00. The topological polar surface area (TPSA) is 96.0 Å². The lowest BCUT2D eigenvalue weighted by molar-refractivity contribution is -0.140. The summed E-state index contributed by atoms with van der Waals surface area (Å²) in [5.41, 5.74) is 1.45. The van der Waals surface area contributed by atoms with Crippen LogP contribution in [0.15, 0.2) is 82.2 Å². The molecule has 0 saturated carbocycles. The van der Waals surface area contributed by atoms with E-state index in [1.807, 2.05) is 33.8 Å². The minimum atomic E-state index is -4.12. The van der Waals surface area contributed by atoms with Crippen LogP contribution in [0.25, 0.3) is 0 Å². The average Bonchev–Trinajstić information content (AvgIpc) is 2.89. The normalized spacial score (nSPS) is 12.4. The molecule has 3 rings (SSSR count). The predicted octanol–water partition coefficient (Wildman–Crippen LogP) is 5.29. The van der Waals surface area contributed by atoms with Gasteiger partial charge in [-0.15, -0.1) is 0 Å². The monoisotopic (exact) mass is 629 g/mol.